The van der Waals surface area contributed by atoms with Crippen LogP contribution in [0.2, 0.25) is 0 Å². The maximum atomic E-state index is 7.06. The fraction of sp³-hybridized carbons (Fsp3) is 1.00. The van der Waals surface area contributed by atoms with Crippen LogP contribution in [0.4, 0.5) is 0 Å². The van der Waals surface area contributed by atoms with Gasteiger partial charge in [-0.2, -0.15) is 0 Å². The predicted octanol–water partition coefficient (Wildman–Crippen LogP) is 9.38. The quantitative estimate of drug-likeness (QED) is 0.0564. The molecule has 0 aromatic heterocycles. The Morgan fingerprint density at radius 2 is 1.25 bits per heavy atom. The maximum Gasteiger partial charge on any atom is 0.0637 e. The second kappa shape index (κ2) is 24.5. The first-order valence-electron chi connectivity index (χ1n) is 23.5. The first-order chi connectivity index (χ1) is 25.8. The van der Waals surface area contributed by atoms with Gasteiger partial charge in [0.1, 0.15) is 0 Å². The van der Waals surface area contributed by atoms with E-state index in [0.29, 0.717) is 78.9 Å². The monoisotopic (exact) mass is 747 g/mol. The van der Waals surface area contributed by atoms with E-state index in [0.717, 1.165) is 52.0 Å². The highest BCUT2D eigenvalue weighted by Gasteiger charge is 2.66. The Labute approximate surface area is 328 Å². The van der Waals surface area contributed by atoms with Crippen LogP contribution in [0.1, 0.15) is 175 Å². The van der Waals surface area contributed by atoms with Crippen molar-refractivity contribution in [3.8, 4) is 0 Å². The SMILES string of the molecule is CCCCCCCCCCCCCNCCC[C@@H](C)[C@H]1CC[C@H]2[C@@H]3[C@H](OCCCN)CC4C[C@H](OCCCN)CC[C@]4(C)[C@H]3C[C@H](OCCCN)[C@]12C. The summed E-state index contributed by atoms with van der Waals surface area (Å²) in [6, 6.07) is 0. The molecule has 4 rings (SSSR count). The first-order valence-corrected chi connectivity index (χ1v) is 23.5. The van der Waals surface area contributed by atoms with Crippen LogP contribution in [0.25, 0.3) is 0 Å². The summed E-state index contributed by atoms with van der Waals surface area (Å²) in [6.07, 6.45) is 30.5. The van der Waals surface area contributed by atoms with Crippen LogP contribution in [0, 0.1) is 46.3 Å². The molecule has 4 aliphatic carbocycles. The number of nitrogens with one attached hydrogen (secondary N) is 1. The minimum absolute atomic E-state index is 0.180. The zero-order valence-electron chi connectivity index (χ0n) is 35.6. The molecule has 0 bridgehead atoms. The van der Waals surface area contributed by atoms with E-state index in [4.69, 9.17) is 31.4 Å². The van der Waals surface area contributed by atoms with Gasteiger partial charge in [0.15, 0.2) is 0 Å². The van der Waals surface area contributed by atoms with Gasteiger partial charge >= 0.3 is 0 Å². The van der Waals surface area contributed by atoms with Crippen molar-refractivity contribution in [1.29, 1.82) is 0 Å². The average molecular weight is 747 g/mol. The fourth-order valence-electron chi connectivity index (χ4n) is 12.4. The van der Waals surface area contributed by atoms with Crippen molar-refractivity contribution < 1.29 is 14.2 Å². The summed E-state index contributed by atoms with van der Waals surface area (Å²) >= 11 is 0. The molecule has 7 heteroatoms. The Morgan fingerprint density at radius 1 is 0.642 bits per heavy atom. The molecule has 4 aliphatic rings. The topological polar surface area (TPSA) is 118 Å². The molecule has 0 spiro atoms. The van der Waals surface area contributed by atoms with Crippen molar-refractivity contribution in [3.63, 3.8) is 0 Å². The smallest absolute Gasteiger partial charge is 0.0637 e. The second-order valence-electron chi connectivity index (χ2n) is 18.9. The molecule has 53 heavy (non-hydrogen) atoms. The van der Waals surface area contributed by atoms with Gasteiger partial charge in [0.25, 0.3) is 0 Å². The predicted molar refractivity (Wildman–Crippen MR) is 224 cm³/mol. The van der Waals surface area contributed by atoms with Gasteiger partial charge in [-0.3, -0.25) is 0 Å². The largest absolute Gasteiger partial charge is 0.378 e. The molecule has 11 atom stereocenters. The van der Waals surface area contributed by atoms with Crippen LogP contribution in [0.15, 0.2) is 0 Å². The van der Waals surface area contributed by atoms with E-state index in [1.165, 1.54) is 129 Å². The molecule has 7 N–H and O–H groups in total. The molecule has 0 radical (unpaired) electrons. The highest BCUT2D eigenvalue weighted by molar-refractivity contribution is 5.15. The van der Waals surface area contributed by atoms with Crippen molar-refractivity contribution in [2.45, 2.75) is 194 Å². The highest BCUT2D eigenvalue weighted by Crippen LogP contribution is 2.69. The van der Waals surface area contributed by atoms with E-state index >= 15 is 0 Å². The van der Waals surface area contributed by atoms with E-state index in [-0.39, 0.29) is 5.41 Å². The number of fused-ring (bicyclic) bond motifs is 5. The van der Waals surface area contributed by atoms with Crippen molar-refractivity contribution >= 4 is 0 Å². The van der Waals surface area contributed by atoms with Crippen LogP contribution >= 0.6 is 0 Å². The van der Waals surface area contributed by atoms with Gasteiger partial charge in [-0.05, 0) is 157 Å². The lowest BCUT2D eigenvalue weighted by molar-refractivity contribution is -0.227. The minimum atomic E-state index is 0.180. The zero-order valence-corrected chi connectivity index (χ0v) is 35.6. The molecule has 0 aromatic rings. The van der Waals surface area contributed by atoms with Crippen molar-refractivity contribution in [1.82, 2.24) is 5.32 Å². The number of hydrogen-bond acceptors (Lipinski definition) is 7. The third kappa shape index (κ3) is 12.6. The summed E-state index contributed by atoms with van der Waals surface area (Å²) in [5.41, 5.74) is 18.3. The van der Waals surface area contributed by atoms with Crippen molar-refractivity contribution in [3.05, 3.63) is 0 Å². The number of ether oxygens (including phenoxy) is 3. The Hall–Kier alpha value is -0.280. The van der Waals surface area contributed by atoms with Gasteiger partial charge in [0.2, 0.25) is 0 Å². The Morgan fingerprint density at radius 3 is 1.91 bits per heavy atom. The zero-order chi connectivity index (χ0) is 37.9. The average Bonchev–Trinajstić information content (AvgIpc) is 3.52. The van der Waals surface area contributed by atoms with E-state index in [2.05, 4.69) is 33.0 Å². The Balaban J connectivity index is 1.33. The van der Waals surface area contributed by atoms with E-state index in [1.54, 1.807) is 0 Å². The number of rotatable bonds is 29. The van der Waals surface area contributed by atoms with Gasteiger partial charge in [-0.25, -0.2) is 0 Å². The fourth-order valence-corrected chi connectivity index (χ4v) is 12.4. The summed E-state index contributed by atoms with van der Waals surface area (Å²) in [4.78, 5) is 0. The summed E-state index contributed by atoms with van der Waals surface area (Å²) in [5, 5.41) is 3.81. The molecule has 7 nitrogen and oxygen atoms in total. The minimum Gasteiger partial charge on any atom is -0.378 e. The van der Waals surface area contributed by atoms with Crippen LogP contribution < -0.4 is 22.5 Å². The Bertz CT molecular complexity index is 956. The summed E-state index contributed by atoms with van der Waals surface area (Å²) in [5.74, 6) is 3.91. The molecule has 0 aromatic carbocycles. The maximum absolute atomic E-state index is 7.06. The molecule has 312 valence electrons. The molecule has 4 saturated carbocycles. The van der Waals surface area contributed by atoms with Crippen LogP contribution in [-0.2, 0) is 14.2 Å². The van der Waals surface area contributed by atoms with E-state index < -0.39 is 0 Å². The van der Waals surface area contributed by atoms with Crippen LogP contribution in [-0.4, -0.2) is 70.9 Å². The standard InChI is InChI=1S/C46H90N4O3/c1-5-6-7-8-9-10-11-12-13-14-15-28-50-29-16-20-36(2)39-21-22-40-44-41(35-43(46(39,40)4)53-32-19-27-49)45(3)24-23-38(51-30-17-25-47)33-37(45)34-42(44)52-31-18-26-48/h36-44,50H,5-35,47-49H2,1-4H3/t36-,37?,38-,39-,40+,41+,42-,43+,44+,45+,46-/m1/s1. The van der Waals surface area contributed by atoms with Gasteiger partial charge in [-0.15, -0.1) is 0 Å². The van der Waals surface area contributed by atoms with Crippen LogP contribution in [0.3, 0.4) is 0 Å². The van der Waals surface area contributed by atoms with E-state index in [9.17, 15) is 0 Å². The van der Waals surface area contributed by atoms with Gasteiger partial charge in [0.05, 0.1) is 18.3 Å². The molecule has 0 aliphatic heterocycles. The van der Waals surface area contributed by atoms with Crippen molar-refractivity contribution in [2.75, 3.05) is 52.5 Å². The van der Waals surface area contributed by atoms with Crippen molar-refractivity contribution in [2.24, 2.45) is 63.5 Å². The second-order valence-corrected chi connectivity index (χ2v) is 18.9. The first kappa shape index (κ1) is 45.4. The number of nitrogens with two attached hydrogens (primary N) is 3. The molecular formula is C46H90N4O3. The summed E-state index contributed by atoms with van der Waals surface area (Å²) in [6.45, 7) is 17.0. The summed E-state index contributed by atoms with van der Waals surface area (Å²) in [7, 11) is 0. The molecule has 0 amide bonds. The van der Waals surface area contributed by atoms with E-state index in [1.807, 2.05) is 0 Å². The van der Waals surface area contributed by atoms with Crippen LogP contribution in [0.5, 0.6) is 0 Å². The molecule has 1 unspecified atom stereocenters. The number of hydrogen-bond donors (Lipinski definition) is 4. The lowest BCUT2D eigenvalue weighted by Gasteiger charge is -2.65. The molecule has 0 heterocycles. The molecular weight excluding hydrogens is 657 g/mol. The Kier molecular flexibility index (Phi) is 21.0. The van der Waals surface area contributed by atoms with Gasteiger partial charge in [0, 0.05) is 25.2 Å². The van der Waals surface area contributed by atoms with Gasteiger partial charge < -0.3 is 36.7 Å². The summed E-state index contributed by atoms with van der Waals surface area (Å²) < 4.78 is 20.4. The molecule has 4 fully saturated rings. The highest BCUT2D eigenvalue weighted by atomic mass is 16.5. The third-order valence-electron chi connectivity index (χ3n) is 15.5. The lowest BCUT2D eigenvalue weighted by Crippen LogP contribution is -2.63. The third-order valence-corrected chi connectivity index (χ3v) is 15.5. The van der Waals surface area contributed by atoms with Gasteiger partial charge in [-0.1, -0.05) is 91.9 Å². The normalized spacial score (nSPS) is 34.5. The number of unbranched alkanes of at least 4 members (excludes halogenated alkanes) is 10. The molecule has 0 saturated heterocycles. The lowest BCUT2D eigenvalue weighted by atomic mass is 9.43.